The van der Waals surface area contributed by atoms with Crippen molar-refractivity contribution in [1.29, 1.82) is 0 Å². The van der Waals surface area contributed by atoms with Gasteiger partial charge >= 0.3 is 0 Å². The minimum absolute atomic E-state index is 0.00996. The first-order chi connectivity index (χ1) is 8.70. The lowest BCUT2D eigenvalue weighted by Crippen LogP contribution is -2.22. The largest absolute Gasteiger partial charge is 0.351 e. The molecule has 1 aliphatic rings. The zero-order chi connectivity index (χ0) is 12.7. The molecule has 0 spiro atoms. The van der Waals surface area contributed by atoms with Crippen LogP contribution in [0.4, 0.5) is 0 Å². The van der Waals surface area contributed by atoms with Crippen molar-refractivity contribution in [3.05, 3.63) is 40.5 Å². The number of carbonyl (C=O) groups excluding carboxylic acids is 1. The molecule has 4 heteroatoms. The molecule has 3 nitrogen and oxygen atoms in total. The van der Waals surface area contributed by atoms with E-state index in [1.54, 1.807) is 0 Å². The number of benzene rings is 1. The Labute approximate surface area is 114 Å². The number of aromatic nitrogens is 1. The van der Waals surface area contributed by atoms with Crippen LogP contribution in [0, 0.1) is 0 Å². The van der Waals surface area contributed by atoms with Crippen LogP contribution < -0.4 is 5.32 Å². The molecule has 0 saturated carbocycles. The van der Waals surface area contributed by atoms with Crippen molar-refractivity contribution >= 4 is 38.8 Å². The molecule has 2 aromatic rings. The minimum Gasteiger partial charge on any atom is -0.351 e. The maximum atomic E-state index is 12.0. The number of fused-ring (bicyclic) bond motifs is 3. The third kappa shape index (κ3) is 1.68. The van der Waals surface area contributed by atoms with E-state index in [1.165, 1.54) is 0 Å². The summed E-state index contributed by atoms with van der Waals surface area (Å²) in [5, 5.41) is 3.99. The van der Waals surface area contributed by atoms with Crippen LogP contribution in [0.1, 0.15) is 22.5 Å². The highest BCUT2D eigenvalue weighted by Gasteiger charge is 2.19. The van der Waals surface area contributed by atoms with Gasteiger partial charge in [-0.2, -0.15) is 0 Å². The van der Waals surface area contributed by atoms with Gasteiger partial charge in [0.1, 0.15) is 5.69 Å². The monoisotopic (exact) mass is 304 g/mol. The molecular weight excluding hydrogens is 292 g/mol. The number of rotatable bonds is 1. The molecule has 2 heterocycles. The van der Waals surface area contributed by atoms with E-state index in [0.29, 0.717) is 0 Å². The molecule has 0 bridgehead atoms. The third-order valence-corrected chi connectivity index (χ3v) is 3.89. The Morgan fingerprint density at radius 2 is 2.22 bits per heavy atom. The summed E-state index contributed by atoms with van der Waals surface area (Å²) in [7, 11) is 0. The Hall–Kier alpha value is -1.55. The van der Waals surface area contributed by atoms with Gasteiger partial charge in [0.25, 0.3) is 5.91 Å². The highest BCUT2D eigenvalue weighted by molar-refractivity contribution is 9.10. The van der Waals surface area contributed by atoms with Gasteiger partial charge < -0.3 is 9.88 Å². The molecule has 0 atom stereocenters. The molecule has 1 N–H and O–H groups in total. The molecule has 1 aliphatic heterocycles. The Morgan fingerprint density at radius 1 is 1.39 bits per heavy atom. The number of aryl methyl sites for hydroxylation is 1. The average Bonchev–Trinajstić information content (AvgIpc) is 2.64. The summed E-state index contributed by atoms with van der Waals surface area (Å²) in [6, 6.07) is 6.04. The van der Waals surface area contributed by atoms with Crippen LogP contribution >= 0.6 is 15.9 Å². The summed E-state index contributed by atoms with van der Waals surface area (Å²) in [6.07, 6.45) is 2.77. The number of hydrogen-bond acceptors (Lipinski definition) is 1. The van der Waals surface area contributed by atoms with Gasteiger partial charge in [-0.3, -0.25) is 4.79 Å². The Morgan fingerprint density at radius 3 is 3.00 bits per heavy atom. The van der Waals surface area contributed by atoms with E-state index < -0.39 is 0 Å². The van der Waals surface area contributed by atoms with Crippen molar-refractivity contribution in [2.45, 2.75) is 13.0 Å². The highest BCUT2D eigenvalue weighted by atomic mass is 79.9. The van der Waals surface area contributed by atoms with E-state index in [1.807, 2.05) is 18.2 Å². The molecule has 1 aromatic heterocycles. The van der Waals surface area contributed by atoms with Crippen LogP contribution in [0.15, 0.2) is 29.3 Å². The lowest BCUT2D eigenvalue weighted by atomic mass is 10.1. The Bertz CT molecular complexity index is 657. The maximum Gasteiger partial charge on any atom is 0.267 e. The Kier molecular flexibility index (Phi) is 2.74. The second-order valence-corrected chi connectivity index (χ2v) is 5.29. The molecular formula is C14H13BrN2O. The van der Waals surface area contributed by atoms with Crippen LogP contribution in [-0.2, 0) is 6.54 Å². The van der Waals surface area contributed by atoms with Crippen molar-refractivity contribution in [3.8, 4) is 0 Å². The summed E-state index contributed by atoms with van der Waals surface area (Å²) in [6.45, 7) is 5.39. The van der Waals surface area contributed by atoms with Gasteiger partial charge in [-0.1, -0.05) is 12.7 Å². The van der Waals surface area contributed by atoms with Gasteiger partial charge in [-0.05, 0) is 46.1 Å². The lowest BCUT2D eigenvalue weighted by molar-refractivity contribution is 0.0951. The van der Waals surface area contributed by atoms with Crippen molar-refractivity contribution in [2.24, 2.45) is 0 Å². The fourth-order valence-corrected chi connectivity index (χ4v) is 3.16. The predicted molar refractivity (Wildman–Crippen MR) is 76.7 cm³/mol. The molecule has 1 amide bonds. The number of nitrogens with zero attached hydrogens (tertiary/aromatic N) is 1. The van der Waals surface area contributed by atoms with Crippen LogP contribution in [0.25, 0.3) is 17.0 Å². The number of nitrogens with one attached hydrogen (secondary N) is 1. The predicted octanol–water partition coefficient (Wildman–Crippen LogP) is 3.18. The summed E-state index contributed by atoms with van der Waals surface area (Å²) in [5.41, 5.74) is 2.88. The fraction of sp³-hybridized carbons (Fsp3) is 0.214. The second kappa shape index (κ2) is 4.28. The van der Waals surface area contributed by atoms with E-state index in [2.05, 4.69) is 38.5 Å². The molecule has 3 rings (SSSR count). The molecule has 0 unspecified atom stereocenters. The second-order valence-electron chi connectivity index (χ2n) is 4.44. The summed E-state index contributed by atoms with van der Waals surface area (Å²) in [5.74, 6) is 0.00996. The summed E-state index contributed by atoms with van der Waals surface area (Å²) in [4.78, 5) is 12.0. The molecule has 0 radical (unpaired) electrons. The van der Waals surface area contributed by atoms with Crippen LogP contribution in [0.3, 0.4) is 0 Å². The molecule has 1 aromatic carbocycles. The minimum atomic E-state index is 0.00996. The quantitative estimate of drug-likeness (QED) is 0.862. The van der Waals surface area contributed by atoms with Gasteiger partial charge in [0.2, 0.25) is 0 Å². The lowest BCUT2D eigenvalue weighted by Gasteiger charge is -2.07. The topological polar surface area (TPSA) is 34.0 Å². The van der Waals surface area contributed by atoms with Crippen LogP contribution in [0.2, 0.25) is 0 Å². The molecule has 0 aliphatic carbocycles. The van der Waals surface area contributed by atoms with Gasteiger partial charge in [0.15, 0.2) is 0 Å². The first-order valence-corrected chi connectivity index (χ1v) is 6.73. The van der Waals surface area contributed by atoms with E-state index in [4.69, 9.17) is 0 Å². The highest BCUT2D eigenvalue weighted by Crippen LogP contribution is 2.30. The molecule has 92 valence electrons. The van der Waals surface area contributed by atoms with Crippen molar-refractivity contribution in [3.63, 3.8) is 0 Å². The number of carbonyl (C=O) groups is 1. The zero-order valence-electron chi connectivity index (χ0n) is 9.87. The number of halogens is 1. The summed E-state index contributed by atoms with van der Waals surface area (Å²) < 4.78 is 3.10. The summed E-state index contributed by atoms with van der Waals surface area (Å²) >= 11 is 3.59. The molecule has 0 fully saturated rings. The van der Waals surface area contributed by atoms with Crippen molar-refractivity contribution in [1.82, 2.24) is 9.88 Å². The first kappa shape index (κ1) is 11.5. The van der Waals surface area contributed by atoms with E-state index in [0.717, 1.165) is 46.1 Å². The van der Waals surface area contributed by atoms with Gasteiger partial charge in [-0.15, -0.1) is 0 Å². The first-order valence-electron chi connectivity index (χ1n) is 5.94. The van der Waals surface area contributed by atoms with Crippen LogP contribution in [-0.4, -0.2) is 17.0 Å². The fourth-order valence-electron chi connectivity index (χ4n) is 2.45. The van der Waals surface area contributed by atoms with Crippen molar-refractivity contribution < 1.29 is 4.79 Å². The van der Waals surface area contributed by atoms with E-state index in [-0.39, 0.29) is 5.91 Å². The standard InChI is InChI=1S/C14H13BrN2O/c1-2-9-6-10-8-12-14(18)16-4-3-5-17(12)13(10)11(15)7-9/h2,6-8H,1,3-5H2,(H,16,18). The zero-order valence-corrected chi connectivity index (χ0v) is 11.5. The normalized spacial score (nSPS) is 15.1. The van der Waals surface area contributed by atoms with Crippen LogP contribution in [0.5, 0.6) is 0 Å². The van der Waals surface area contributed by atoms with E-state index in [9.17, 15) is 4.79 Å². The number of amides is 1. The molecule has 18 heavy (non-hydrogen) atoms. The van der Waals surface area contributed by atoms with Gasteiger partial charge in [-0.25, -0.2) is 0 Å². The average molecular weight is 305 g/mol. The smallest absolute Gasteiger partial charge is 0.267 e. The SMILES string of the molecule is C=Cc1cc(Br)c2c(c1)cc1n2CCCNC1=O. The third-order valence-electron chi connectivity index (χ3n) is 3.28. The maximum absolute atomic E-state index is 12.0. The van der Waals surface area contributed by atoms with E-state index >= 15 is 0 Å². The van der Waals surface area contributed by atoms with Gasteiger partial charge in [0, 0.05) is 22.9 Å². The molecule has 0 saturated heterocycles. The Balaban J connectivity index is 2.33. The van der Waals surface area contributed by atoms with Crippen molar-refractivity contribution in [2.75, 3.05) is 6.54 Å². The number of hydrogen-bond donors (Lipinski definition) is 1. The van der Waals surface area contributed by atoms with Gasteiger partial charge in [0.05, 0.1) is 5.52 Å².